The fraction of sp³-hybridized carbons (Fsp3) is 1.00. The van der Waals surface area contributed by atoms with E-state index >= 15 is 0 Å². The molecule has 0 bridgehead atoms. The van der Waals surface area contributed by atoms with Crippen LogP contribution in [-0.4, -0.2) is 57.9 Å². The number of hydrogen-bond acceptors (Lipinski definition) is 5. The minimum Gasteiger partial charge on any atom is -0.389 e. The van der Waals surface area contributed by atoms with Crippen LogP contribution < -0.4 is 5.32 Å². The summed E-state index contributed by atoms with van der Waals surface area (Å²) in [5.74, 6) is 0.126. The fourth-order valence-electron chi connectivity index (χ4n) is 1.34. The highest BCUT2D eigenvalue weighted by Crippen LogP contribution is 2.11. The lowest BCUT2D eigenvalue weighted by Crippen LogP contribution is -2.39. The maximum absolute atomic E-state index is 10.9. The Morgan fingerprint density at radius 2 is 2.06 bits per heavy atom. The molecule has 0 aromatic carbocycles. The second kappa shape index (κ2) is 7.21. The number of rotatable bonds is 9. The Labute approximate surface area is 98.1 Å². The number of nitrogens with one attached hydrogen (secondary N) is 1. The van der Waals surface area contributed by atoms with Gasteiger partial charge in [0, 0.05) is 32.2 Å². The SMILES string of the molecule is COCCNCC(C)(O)CCCS(C)(=O)=O. The first-order valence-corrected chi connectivity index (χ1v) is 7.43. The van der Waals surface area contributed by atoms with E-state index in [0.29, 0.717) is 32.5 Å². The van der Waals surface area contributed by atoms with Crippen LogP contribution in [0.25, 0.3) is 0 Å². The Balaban J connectivity index is 3.70. The second-order valence-electron chi connectivity index (χ2n) is 4.40. The van der Waals surface area contributed by atoms with Crippen molar-refractivity contribution >= 4 is 9.84 Å². The monoisotopic (exact) mass is 253 g/mol. The lowest BCUT2D eigenvalue weighted by molar-refractivity contribution is 0.0486. The van der Waals surface area contributed by atoms with Crippen LogP contribution in [0.5, 0.6) is 0 Å². The summed E-state index contributed by atoms with van der Waals surface area (Å²) in [7, 11) is -1.31. The molecule has 0 aliphatic carbocycles. The molecule has 0 radical (unpaired) electrons. The van der Waals surface area contributed by atoms with Crippen molar-refractivity contribution in [3.63, 3.8) is 0 Å². The van der Waals surface area contributed by atoms with Gasteiger partial charge in [-0.25, -0.2) is 8.42 Å². The van der Waals surface area contributed by atoms with Crippen molar-refractivity contribution in [2.45, 2.75) is 25.4 Å². The molecule has 0 aliphatic rings. The van der Waals surface area contributed by atoms with Crippen molar-refractivity contribution < 1.29 is 18.3 Å². The summed E-state index contributed by atoms with van der Waals surface area (Å²) in [6, 6.07) is 0. The van der Waals surface area contributed by atoms with E-state index < -0.39 is 15.4 Å². The predicted molar refractivity (Wildman–Crippen MR) is 64.3 cm³/mol. The van der Waals surface area contributed by atoms with Crippen molar-refractivity contribution in [3.05, 3.63) is 0 Å². The third-order valence-corrected chi connectivity index (χ3v) is 3.25. The first kappa shape index (κ1) is 15.8. The van der Waals surface area contributed by atoms with Crippen molar-refractivity contribution in [1.29, 1.82) is 0 Å². The molecule has 5 nitrogen and oxygen atoms in total. The van der Waals surface area contributed by atoms with E-state index in [1.165, 1.54) is 6.26 Å². The van der Waals surface area contributed by atoms with Gasteiger partial charge in [-0.05, 0) is 19.8 Å². The van der Waals surface area contributed by atoms with Crippen LogP contribution in [0.15, 0.2) is 0 Å². The van der Waals surface area contributed by atoms with Crippen LogP contribution in [0.1, 0.15) is 19.8 Å². The smallest absolute Gasteiger partial charge is 0.147 e. The summed E-state index contributed by atoms with van der Waals surface area (Å²) in [5, 5.41) is 13.0. The first-order valence-electron chi connectivity index (χ1n) is 5.37. The standard InChI is InChI=1S/C10H23NO4S/c1-10(12,9-11-6-7-15-2)5-4-8-16(3,13)14/h11-12H,4-9H2,1-3H3. The third-order valence-electron chi connectivity index (χ3n) is 2.22. The highest BCUT2D eigenvalue weighted by atomic mass is 32.2. The molecule has 0 spiro atoms. The minimum atomic E-state index is -2.93. The van der Waals surface area contributed by atoms with Gasteiger partial charge in [0.05, 0.1) is 12.2 Å². The molecule has 16 heavy (non-hydrogen) atoms. The van der Waals surface area contributed by atoms with Crippen LogP contribution in [0, 0.1) is 0 Å². The zero-order chi connectivity index (χ0) is 12.7. The molecule has 2 N–H and O–H groups in total. The Morgan fingerprint density at radius 3 is 2.56 bits per heavy atom. The van der Waals surface area contributed by atoms with Crippen LogP contribution in [-0.2, 0) is 14.6 Å². The number of aliphatic hydroxyl groups is 1. The van der Waals surface area contributed by atoms with Crippen molar-refractivity contribution in [2.24, 2.45) is 0 Å². The van der Waals surface area contributed by atoms with Gasteiger partial charge < -0.3 is 15.2 Å². The van der Waals surface area contributed by atoms with E-state index in [9.17, 15) is 13.5 Å². The molecule has 0 fully saturated rings. The summed E-state index contributed by atoms with van der Waals surface area (Å²) in [6.07, 6.45) is 2.16. The van der Waals surface area contributed by atoms with E-state index in [1.54, 1.807) is 14.0 Å². The van der Waals surface area contributed by atoms with Crippen molar-refractivity contribution in [2.75, 3.05) is 38.8 Å². The summed E-state index contributed by atoms with van der Waals surface area (Å²) in [5.41, 5.74) is -0.863. The summed E-state index contributed by atoms with van der Waals surface area (Å²) in [6.45, 7) is 3.42. The molecule has 0 amide bonds. The topological polar surface area (TPSA) is 75.6 Å². The van der Waals surface area contributed by atoms with Gasteiger partial charge in [-0.15, -0.1) is 0 Å². The lowest BCUT2D eigenvalue weighted by atomic mass is 10.0. The number of hydrogen-bond donors (Lipinski definition) is 2. The normalized spacial score (nSPS) is 16.0. The molecular weight excluding hydrogens is 230 g/mol. The number of methoxy groups -OCH3 is 1. The maximum Gasteiger partial charge on any atom is 0.147 e. The number of ether oxygens (including phenoxy) is 1. The molecule has 0 saturated carbocycles. The van der Waals surface area contributed by atoms with Crippen molar-refractivity contribution in [1.82, 2.24) is 5.32 Å². The molecule has 0 aromatic heterocycles. The van der Waals surface area contributed by atoms with Gasteiger partial charge >= 0.3 is 0 Å². The average molecular weight is 253 g/mol. The molecule has 6 heteroatoms. The van der Waals surface area contributed by atoms with Gasteiger partial charge in [-0.3, -0.25) is 0 Å². The highest BCUT2D eigenvalue weighted by Gasteiger charge is 2.19. The highest BCUT2D eigenvalue weighted by molar-refractivity contribution is 7.90. The maximum atomic E-state index is 10.9. The molecule has 1 unspecified atom stereocenters. The minimum absolute atomic E-state index is 0.126. The third kappa shape index (κ3) is 10.4. The Bertz CT molecular complexity index is 275. The molecule has 0 saturated heterocycles. The van der Waals surface area contributed by atoms with E-state index in [4.69, 9.17) is 4.74 Å². The van der Waals surface area contributed by atoms with E-state index in [2.05, 4.69) is 5.32 Å². The Hall–Kier alpha value is -0.170. The number of sulfone groups is 1. The molecule has 98 valence electrons. The van der Waals surface area contributed by atoms with Gasteiger partial charge in [-0.1, -0.05) is 0 Å². The molecule has 0 aromatic rings. The van der Waals surface area contributed by atoms with Crippen LogP contribution in [0.3, 0.4) is 0 Å². The predicted octanol–water partition coefficient (Wildman–Crippen LogP) is -0.202. The quantitative estimate of drug-likeness (QED) is 0.557. The molecular formula is C10H23NO4S. The van der Waals surface area contributed by atoms with E-state index in [0.717, 1.165) is 0 Å². The fourth-order valence-corrected chi connectivity index (χ4v) is 2.00. The zero-order valence-corrected chi connectivity index (χ0v) is 11.1. The average Bonchev–Trinajstić information content (AvgIpc) is 2.10. The van der Waals surface area contributed by atoms with Crippen molar-refractivity contribution in [3.8, 4) is 0 Å². The largest absolute Gasteiger partial charge is 0.389 e. The van der Waals surface area contributed by atoms with Crippen LogP contribution >= 0.6 is 0 Å². The molecule has 0 heterocycles. The molecule has 0 rings (SSSR count). The van der Waals surface area contributed by atoms with Gasteiger partial charge in [0.15, 0.2) is 0 Å². The van der Waals surface area contributed by atoms with Gasteiger partial charge in [0.25, 0.3) is 0 Å². The summed E-state index contributed by atoms with van der Waals surface area (Å²) < 4.78 is 26.7. The van der Waals surface area contributed by atoms with E-state index in [1.807, 2.05) is 0 Å². The Morgan fingerprint density at radius 1 is 1.44 bits per heavy atom. The van der Waals surface area contributed by atoms with E-state index in [-0.39, 0.29) is 5.75 Å². The van der Waals surface area contributed by atoms with Gasteiger partial charge in [-0.2, -0.15) is 0 Å². The van der Waals surface area contributed by atoms with Crippen LogP contribution in [0.4, 0.5) is 0 Å². The van der Waals surface area contributed by atoms with Gasteiger partial charge in [0.1, 0.15) is 9.84 Å². The molecule has 1 atom stereocenters. The van der Waals surface area contributed by atoms with Crippen LogP contribution in [0.2, 0.25) is 0 Å². The molecule has 0 aliphatic heterocycles. The summed E-state index contributed by atoms with van der Waals surface area (Å²) in [4.78, 5) is 0. The zero-order valence-electron chi connectivity index (χ0n) is 10.3. The Kier molecular flexibility index (Phi) is 7.14. The second-order valence-corrected chi connectivity index (χ2v) is 6.66. The first-order chi connectivity index (χ1) is 7.27. The lowest BCUT2D eigenvalue weighted by Gasteiger charge is -2.23. The van der Waals surface area contributed by atoms with Gasteiger partial charge in [0.2, 0.25) is 0 Å². The summed E-state index contributed by atoms with van der Waals surface area (Å²) >= 11 is 0.